The van der Waals surface area contributed by atoms with Crippen LogP contribution in [0.25, 0.3) is 0 Å². The van der Waals surface area contributed by atoms with Crippen LogP contribution >= 0.6 is 12.2 Å². The lowest BCUT2D eigenvalue weighted by atomic mass is 10.2. The van der Waals surface area contributed by atoms with Crippen molar-refractivity contribution in [1.29, 1.82) is 0 Å². The van der Waals surface area contributed by atoms with Crippen molar-refractivity contribution < 1.29 is 9.53 Å². The zero-order chi connectivity index (χ0) is 15.2. The second kappa shape index (κ2) is 6.76. The molecule has 2 rings (SSSR count). The Kier molecular flexibility index (Phi) is 4.78. The van der Waals surface area contributed by atoms with Gasteiger partial charge < -0.3 is 15.8 Å². The molecule has 6 nitrogen and oxygen atoms in total. The number of methoxy groups -OCH3 is 1. The SMILES string of the molecule is COc1ccc(CNC(=O)c2ccc(C(N)=S)cn2)cn1. The third kappa shape index (κ3) is 3.96. The van der Waals surface area contributed by atoms with Crippen LogP contribution in [-0.4, -0.2) is 28.0 Å². The van der Waals surface area contributed by atoms with Crippen LogP contribution in [-0.2, 0) is 6.54 Å². The zero-order valence-corrected chi connectivity index (χ0v) is 12.2. The van der Waals surface area contributed by atoms with Crippen LogP contribution in [0, 0.1) is 0 Å². The van der Waals surface area contributed by atoms with Crippen molar-refractivity contribution in [2.24, 2.45) is 5.73 Å². The number of amides is 1. The maximum Gasteiger partial charge on any atom is 0.270 e. The second-order valence-electron chi connectivity index (χ2n) is 4.19. The Morgan fingerprint density at radius 3 is 2.62 bits per heavy atom. The smallest absolute Gasteiger partial charge is 0.270 e. The van der Waals surface area contributed by atoms with E-state index in [1.165, 1.54) is 6.20 Å². The summed E-state index contributed by atoms with van der Waals surface area (Å²) in [6, 6.07) is 6.81. The van der Waals surface area contributed by atoms with Crippen LogP contribution in [0.4, 0.5) is 0 Å². The highest BCUT2D eigenvalue weighted by atomic mass is 32.1. The number of thiocarbonyl (C=S) groups is 1. The van der Waals surface area contributed by atoms with Crippen LogP contribution < -0.4 is 15.8 Å². The van der Waals surface area contributed by atoms with Crippen molar-refractivity contribution in [3.8, 4) is 5.88 Å². The van der Waals surface area contributed by atoms with Crippen LogP contribution in [0.2, 0.25) is 0 Å². The topological polar surface area (TPSA) is 90.1 Å². The first-order chi connectivity index (χ1) is 10.1. The highest BCUT2D eigenvalue weighted by Gasteiger charge is 2.07. The zero-order valence-electron chi connectivity index (χ0n) is 11.4. The molecule has 2 aromatic heterocycles. The molecule has 0 atom stereocenters. The molecule has 0 spiro atoms. The molecule has 1 amide bonds. The molecule has 2 heterocycles. The second-order valence-corrected chi connectivity index (χ2v) is 4.63. The van der Waals surface area contributed by atoms with E-state index in [2.05, 4.69) is 15.3 Å². The molecular weight excluding hydrogens is 288 g/mol. The fourth-order valence-electron chi connectivity index (χ4n) is 1.58. The summed E-state index contributed by atoms with van der Waals surface area (Å²) in [5.41, 5.74) is 7.26. The number of nitrogens with zero attached hydrogens (tertiary/aromatic N) is 2. The molecule has 0 aliphatic carbocycles. The van der Waals surface area contributed by atoms with Gasteiger partial charge in [-0.2, -0.15) is 0 Å². The standard InChI is InChI=1S/C14H14N4O2S/c1-20-12-5-2-9(6-17-12)7-18-14(19)11-4-3-10(8-16-11)13(15)21/h2-6,8H,7H2,1H3,(H2,15,21)(H,18,19). The lowest BCUT2D eigenvalue weighted by Crippen LogP contribution is -2.24. The number of hydrogen-bond acceptors (Lipinski definition) is 5. The molecule has 21 heavy (non-hydrogen) atoms. The Hall–Kier alpha value is -2.54. The third-order valence-corrected chi connectivity index (χ3v) is 2.98. The van der Waals surface area contributed by atoms with E-state index in [-0.39, 0.29) is 10.9 Å². The number of hydrogen-bond donors (Lipinski definition) is 2. The minimum absolute atomic E-state index is 0.249. The number of nitrogens with one attached hydrogen (secondary N) is 1. The van der Waals surface area contributed by atoms with Gasteiger partial charge >= 0.3 is 0 Å². The maximum absolute atomic E-state index is 11.9. The summed E-state index contributed by atoms with van der Waals surface area (Å²) < 4.78 is 4.97. The van der Waals surface area contributed by atoms with Gasteiger partial charge in [-0.1, -0.05) is 18.3 Å². The minimum atomic E-state index is -0.277. The van der Waals surface area contributed by atoms with Gasteiger partial charge in [-0.25, -0.2) is 4.98 Å². The van der Waals surface area contributed by atoms with Crippen molar-refractivity contribution in [1.82, 2.24) is 15.3 Å². The van der Waals surface area contributed by atoms with Gasteiger partial charge in [-0.3, -0.25) is 9.78 Å². The largest absolute Gasteiger partial charge is 0.481 e. The van der Waals surface area contributed by atoms with E-state index < -0.39 is 0 Å². The Morgan fingerprint density at radius 1 is 1.29 bits per heavy atom. The van der Waals surface area contributed by atoms with Crippen LogP contribution in [0.15, 0.2) is 36.7 Å². The number of pyridine rings is 2. The highest BCUT2D eigenvalue weighted by molar-refractivity contribution is 7.80. The summed E-state index contributed by atoms with van der Waals surface area (Å²) in [5, 5.41) is 2.76. The molecule has 0 aromatic carbocycles. The molecular formula is C14H14N4O2S. The van der Waals surface area contributed by atoms with Gasteiger partial charge in [-0.05, 0) is 17.7 Å². The number of carbonyl (C=O) groups excluding carboxylic acids is 1. The maximum atomic E-state index is 11.9. The van der Waals surface area contributed by atoms with Crippen LogP contribution in [0.1, 0.15) is 21.6 Å². The van der Waals surface area contributed by atoms with E-state index in [0.29, 0.717) is 23.7 Å². The Balaban J connectivity index is 1.95. The van der Waals surface area contributed by atoms with Gasteiger partial charge in [0.15, 0.2) is 0 Å². The molecule has 108 valence electrons. The van der Waals surface area contributed by atoms with Gasteiger partial charge in [0.25, 0.3) is 5.91 Å². The monoisotopic (exact) mass is 302 g/mol. The summed E-state index contributed by atoms with van der Waals surface area (Å²) in [6.07, 6.45) is 3.12. The van der Waals surface area contributed by atoms with Crippen molar-refractivity contribution >= 4 is 23.1 Å². The van der Waals surface area contributed by atoms with E-state index in [1.54, 1.807) is 31.5 Å². The summed E-state index contributed by atoms with van der Waals surface area (Å²) in [7, 11) is 1.55. The van der Waals surface area contributed by atoms with Crippen LogP contribution in [0.5, 0.6) is 5.88 Å². The molecule has 0 unspecified atom stereocenters. The van der Waals surface area contributed by atoms with Crippen molar-refractivity contribution in [2.45, 2.75) is 6.54 Å². The van der Waals surface area contributed by atoms with Gasteiger partial charge in [0, 0.05) is 30.6 Å². The third-order valence-electron chi connectivity index (χ3n) is 2.74. The number of ether oxygens (including phenoxy) is 1. The first-order valence-electron chi connectivity index (χ1n) is 6.13. The number of aromatic nitrogens is 2. The van der Waals surface area contributed by atoms with Gasteiger partial charge in [-0.15, -0.1) is 0 Å². The molecule has 0 aliphatic rings. The van der Waals surface area contributed by atoms with E-state index in [0.717, 1.165) is 5.56 Å². The predicted octanol–water partition coefficient (Wildman–Crippen LogP) is 1.05. The summed E-state index contributed by atoms with van der Waals surface area (Å²) in [4.78, 5) is 20.3. The van der Waals surface area contributed by atoms with E-state index >= 15 is 0 Å². The Morgan fingerprint density at radius 2 is 2.10 bits per heavy atom. The van der Waals surface area contributed by atoms with Crippen molar-refractivity contribution in [2.75, 3.05) is 7.11 Å². The number of carbonyl (C=O) groups is 1. The first kappa shape index (κ1) is 14.9. The summed E-state index contributed by atoms with van der Waals surface area (Å²) in [5.74, 6) is 0.250. The van der Waals surface area contributed by atoms with Crippen molar-refractivity contribution in [3.63, 3.8) is 0 Å². The normalized spacial score (nSPS) is 9.95. The summed E-state index contributed by atoms with van der Waals surface area (Å²) in [6.45, 7) is 0.356. The Labute approximate surface area is 127 Å². The van der Waals surface area contributed by atoms with Gasteiger partial charge in [0.1, 0.15) is 10.7 Å². The van der Waals surface area contributed by atoms with Crippen molar-refractivity contribution in [3.05, 3.63) is 53.5 Å². The molecule has 0 radical (unpaired) electrons. The molecule has 0 saturated carbocycles. The molecule has 3 N–H and O–H groups in total. The predicted molar refractivity (Wildman–Crippen MR) is 82.1 cm³/mol. The summed E-state index contributed by atoms with van der Waals surface area (Å²) >= 11 is 4.83. The molecule has 2 aromatic rings. The van der Waals surface area contributed by atoms with E-state index in [9.17, 15) is 4.79 Å². The average molecular weight is 302 g/mol. The lowest BCUT2D eigenvalue weighted by Gasteiger charge is -2.06. The number of rotatable bonds is 5. The number of nitrogens with two attached hydrogens (primary N) is 1. The molecule has 0 fully saturated rings. The molecule has 7 heteroatoms. The quantitative estimate of drug-likeness (QED) is 0.802. The minimum Gasteiger partial charge on any atom is -0.481 e. The first-order valence-corrected chi connectivity index (χ1v) is 6.54. The van der Waals surface area contributed by atoms with E-state index in [4.69, 9.17) is 22.7 Å². The highest BCUT2D eigenvalue weighted by Crippen LogP contribution is 2.06. The van der Waals surface area contributed by atoms with Crippen LogP contribution in [0.3, 0.4) is 0 Å². The fraction of sp³-hybridized carbons (Fsp3) is 0.143. The fourth-order valence-corrected chi connectivity index (χ4v) is 1.70. The van der Waals surface area contributed by atoms with Gasteiger partial charge in [0.2, 0.25) is 5.88 Å². The molecule has 0 aliphatic heterocycles. The molecule has 0 bridgehead atoms. The van der Waals surface area contributed by atoms with Gasteiger partial charge in [0.05, 0.1) is 7.11 Å². The molecule has 0 saturated heterocycles. The van der Waals surface area contributed by atoms with E-state index in [1.807, 2.05) is 6.07 Å². The Bertz CT molecular complexity index is 641. The average Bonchev–Trinajstić information content (AvgIpc) is 2.53. The lowest BCUT2D eigenvalue weighted by molar-refractivity contribution is 0.0946.